The summed E-state index contributed by atoms with van der Waals surface area (Å²) in [4.78, 5) is 29.6. The third kappa shape index (κ3) is 4.30. The smallest absolute Gasteiger partial charge is 0.325 e. The molecule has 0 atom stereocenters. The lowest BCUT2D eigenvalue weighted by molar-refractivity contribution is -0.141. The van der Waals surface area contributed by atoms with E-state index in [1.165, 1.54) is 32.7 Å². The summed E-state index contributed by atoms with van der Waals surface area (Å²) in [5.74, 6) is 0.548. The quantitative estimate of drug-likeness (QED) is 0.536. The monoisotopic (exact) mass is 430 g/mol. The molecule has 3 rings (SSSR count). The number of fused-ring (bicyclic) bond motifs is 1. The van der Waals surface area contributed by atoms with Crippen molar-refractivity contribution in [3.05, 3.63) is 46.8 Å². The van der Waals surface area contributed by atoms with Gasteiger partial charge in [0.15, 0.2) is 4.80 Å². The van der Waals surface area contributed by atoms with Gasteiger partial charge in [-0.05, 0) is 31.2 Å². The Morgan fingerprint density at radius 2 is 1.87 bits per heavy atom. The predicted octanol–water partition coefficient (Wildman–Crippen LogP) is 3.03. The molecule has 0 aliphatic rings. The minimum absolute atomic E-state index is 0.105. The first-order valence-electron chi connectivity index (χ1n) is 9.15. The second-order valence-electron chi connectivity index (χ2n) is 6.07. The van der Waals surface area contributed by atoms with E-state index in [0.29, 0.717) is 34.2 Å². The van der Waals surface area contributed by atoms with Crippen LogP contribution in [-0.4, -0.2) is 44.4 Å². The maximum absolute atomic E-state index is 12.9. The van der Waals surface area contributed by atoms with Crippen molar-refractivity contribution in [3.8, 4) is 17.2 Å². The first kappa shape index (κ1) is 21.4. The van der Waals surface area contributed by atoms with Gasteiger partial charge in [-0.1, -0.05) is 17.4 Å². The van der Waals surface area contributed by atoms with Crippen LogP contribution in [0.1, 0.15) is 17.3 Å². The number of benzene rings is 2. The lowest BCUT2D eigenvalue weighted by atomic mass is 10.2. The van der Waals surface area contributed by atoms with Gasteiger partial charge in [0.1, 0.15) is 29.3 Å². The van der Waals surface area contributed by atoms with Gasteiger partial charge in [0.05, 0.1) is 38.2 Å². The third-order valence-electron chi connectivity index (χ3n) is 4.32. The van der Waals surface area contributed by atoms with Gasteiger partial charge in [-0.3, -0.25) is 9.59 Å². The lowest BCUT2D eigenvalue weighted by Crippen LogP contribution is -2.22. The van der Waals surface area contributed by atoms with Gasteiger partial charge in [-0.2, -0.15) is 4.99 Å². The predicted molar refractivity (Wildman–Crippen MR) is 112 cm³/mol. The number of carbonyl (C=O) groups excluding carboxylic acids is 2. The van der Waals surface area contributed by atoms with E-state index >= 15 is 0 Å². The molecule has 1 amide bonds. The minimum atomic E-state index is -0.502. The zero-order valence-corrected chi connectivity index (χ0v) is 17.9. The van der Waals surface area contributed by atoms with E-state index in [4.69, 9.17) is 18.9 Å². The molecule has 0 radical (unpaired) electrons. The summed E-state index contributed by atoms with van der Waals surface area (Å²) in [6.07, 6.45) is 0. The highest BCUT2D eigenvalue weighted by atomic mass is 32.1. The van der Waals surface area contributed by atoms with Crippen molar-refractivity contribution in [2.75, 3.05) is 27.9 Å². The van der Waals surface area contributed by atoms with Gasteiger partial charge in [0.25, 0.3) is 5.91 Å². The highest BCUT2D eigenvalue weighted by molar-refractivity contribution is 7.16. The largest absolute Gasteiger partial charge is 0.497 e. The van der Waals surface area contributed by atoms with Crippen LogP contribution in [0.25, 0.3) is 10.2 Å². The Labute approximate surface area is 177 Å². The van der Waals surface area contributed by atoms with Gasteiger partial charge >= 0.3 is 5.97 Å². The average Bonchev–Trinajstić information content (AvgIpc) is 3.10. The van der Waals surface area contributed by atoms with Crippen LogP contribution in [0.5, 0.6) is 17.2 Å². The van der Waals surface area contributed by atoms with Gasteiger partial charge in [-0.25, -0.2) is 0 Å². The Balaban J connectivity index is 2.18. The van der Waals surface area contributed by atoms with E-state index < -0.39 is 11.9 Å². The Kier molecular flexibility index (Phi) is 6.73. The second kappa shape index (κ2) is 9.45. The highest BCUT2D eigenvalue weighted by Gasteiger charge is 2.17. The summed E-state index contributed by atoms with van der Waals surface area (Å²) in [6, 6.07) is 10.4. The average molecular weight is 430 g/mol. The summed E-state index contributed by atoms with van der Waals surface area (Å²) in [5, 5.41) is 0. The molecule has 0 bridgehead atoms. The van der Waals surface area contributed by atoms with E-state index in [1.54, 1.807) is 22.8 Å². The van der Waals surface area contributed by atoms with Crippen LogP contribution < -0.4 is 19.0 Å². The van der Waals surface area contributed by atoms with Gasteiger partial charge in [-0.15, -0.1) is 0 Å². The van der Waals surface area contributed by atoms with Crippen molar-refractivity contribution in [2.24, 2.45) is 4.99 Å². The van der Waals surface area contributed by atoms with Crippen LogP contribution in [0.15, 0.2) is 41.4 Å². The number of para-hydroxylation sites is 1. The molecule has 0 unspecified atom stereocenters. The lowest BCUT2D eigenvalue weighted by Gasteiger charge is -2.09. The molecular formula is C21H22N2O6S. The van der Waals surface area contributed by atoms with Crippen LogP contribution in [0.3, 0.4) is 0 Å². The van der Waals surface area contributed by atoms with Gasteiger partial charge < -0.3 is 23.5 Å². The number of hydrogen-bond donors (Lipinski definition) is 0. The fraction of sp³-hybridized carbons (Fsp3) is 0.286. The van der Waals surface area contributed by atoms with E-state index in [2.05, 4.69) is 4.99 Å². The number of methoxy groups -OCH3 is 3. The number of nitrogens with zero attached hydrogens (tertiary/aromatic N) is 2. The van der Waals surface area contributed by atoms with Crippen molar-refractivity contribution in [3.63, 3.8) is 0 Å². The Hall–Kier alpha value is -3.33. The van der Waals surface area contributed by atoms with E-state index in [0.717, 1.165) is 4.70 Å². The molecule has 0 spiro atoms. The number of thiazole rings is 1. The molecule has 158 valence electrons. The minimum Gasteiger partial charge on any atom is -0.497 e. The standard InChI is InChI=1S/C21H22N2O6S/c1-5-29-15-7-6-8-17-19(15)23(12-18(24)28-4)21(30-17)22-20(25)14-10-9-13(26-2)11-16(14)27-3/h6-11H,5,12H2,1-4H3. The van der Waals surface area contributed by atoms with Gasteiger partial charge in [0, 0.05) is 6.07 Å². The summed E-state index contributed by atoms with van der Waals surface area (Å²) in [7, 11) is 4.31. The molecule has 1 heterocycles. The topological polar surface area (TPSA) is 88.4 Å². The van der Waals surface area contributed by atoms with Crippen molar-refractivity contribution in [1.82, 2.24) is 4.57 Å². The summed E-state index contributed by atoms with van der Waals surface area (Å²) in [5.41, 5.74) is 0.966. The molecular weight excluding hydrogens is 408 g/mol. The molecule has 0 aliphatic heterocycles. The molecule has 0 N–H and O–H groups in total. The van der Waals surface area contributed by atoms with E-state index in [1.807, 2.05) is 25.1 Å². The van der Waals surface area contributed by atoms with Crippen molar-refractivity contribution in [2.45, 2.75) is 13.5 Å². The fourth-order valence-corrected chi connectivity index (χ4v) is 3.96. The number of amides is 1. The molecule has 9 heteroatoms. The van der Waals surface area contributed by atoms with Crippen LogP contribution in [0.2, 0.25) is 0 Å². The SMILES string of the molecule is CCOc1cccc2sc(=NC(=O)c3ccc(OC)cc3OC)n(CC(=O)OC)c12. The number of esters is 1. The Bertz CT molecular complexity index is 1150. The summed E-state index contributed by atoms with van der Waals surface area (Å²) in [6.45, 7) is 2.23. The second-order valence-corrected chi connectivity index (χ2v) is 7.08. The van der Waals surface area contributed by atoms with Crippen molar-refractivity contribution in [1.29, 1.82) is 0 Å². The molecule has 30 heavy (non-hydrogen) atoms. The fourth-order valence-electron chi connectivity index (χ4n) is 2.92. The molecule has 0 saturated heterocycles. The molecule has 2 aromatic carbocycles. The molecule has 0 fully saturated rings. The van der Waals surface area contributed by atoms with Crippen LogP contribution in [-0.2, 0) is 16.1 Å². The number of ether oxygens (including phenoxy) is 4. The highest BCUT2D eigenvalue weighted by Crippen LogP contribution is 2.28. The molecule has 8 nitrogen and oxygen atoms in total. The molecule has 0 aliphatic carbocycles. The Morgan fingerprint density at radius 1 is 1.07 bits per heavy atom. The van der Waals surface area contributed by atoms with Crippen LogP contribution in [0, 0.1) is 0 Å². The third-order valence-corrected chi connectivity index (χ3v) is 5.36. The zero-order valence-electron chi connectivity index (χ0n) is 17.1. The molecule has 0 saturated carbocycles. The maximum atomic E-state index is 12.9. The van der Waals surface area contributed by atoms with Crippen LogP contribution in [0.4, 0.5) is 0 Å². The Morgan fingerprint density at radius 3 is 2.53 bits per heavy atom. The number of hydrogen-bond acceptors (Lipinski definition) is 7. The normalized spacial score (nSPS) is 11.4. The number of rotatable bonds is 7. The van der Waals surface area contributed by atoms with E-state index in [9.17, 15) is 9.59 Å². The van der Waals surface area contributed by atoms with Crippen LogP contribution >= 0.6 is 11.3 Å². The zero-order chi connectivity index (χ0) is 21.7. The van der Waals surface area contributed by atoms with Gasteiger partial charge in [0.2, 0.25) is 0 Å². The molecule has 1 aromatic heterocycles. The van der Waals surface area contributed by atoms with E-state index in [-0.39, 0.29) is 12.1 Å². The summed E-state index contributed by atoms with van der Waals surface area (Å²) < 4.78 is 23.5. The number of carbonyl (C=O) groups is 2. The van der Waals surface area contributed by atoms with Crippen molar-refractivity contribution < 1.29 is 28.5 Å². The summed E-state index contributed by atoms with van der Waals surface area (Å²) >= 11 is 1.28. The first-order valence-corrected chi connectivity index (χ1v) is 9.97. The first-order chi connectivity index (χ1) is 14.5. The maximum Gasteiger partial charge on any atom is 0.325 e. The number of aromatic nitrogens is 1. The van der Waals surface area contributed by atoms with Crippen molar-refractivity contribution >= 4 is 33.4 Å². The molecule has 3 aromatic rings.